The van der Waals surface area contributed by atoms with Crippen LogP contribution >= 0.6 is 0 Å². The summed E-state index contributed by atoms with van der Waals surface area (Å²) in [5.74, 6) is -0.482. The number of carbonyl (C=O) groups excluding carboxylic acids is 1. The van der Waals surface area contributed by atoms with E-state index in [0.29, 0.717) is 0 Å². The predicted molar refractivity (Wildman–Crippen MR) is 68.2 cm³/mol. The molecule has 1 aromatic rings. The summed E-state index contributed by atoms with van der Waals surface area (Å²) in [4.78, 5) is 22.1. The summed E-state index contributed by atoms with van der Waals surface area (Å²) in [5.41, 5.74) is 0.275. The van der Waals surface area contributed by atoms with E-state index >= 15 is 0 Å². The van der Waals surface area contributed by atoms with Gasteiger partial charge in [0.2, 0.25) is 0 Å². The first-order chi connectivity index (χ1) is 9.06. The van der Waals surface area contributed by atoms with Crippen LogP contribution in [0.25, 0.3) is 6.08 Å². The molecule has 0 atom stereocenters. The molecular weight excluding hydrogens is 250 g/mol. The van der Waals surface area contributed by atoms with E-state index in [1.165, 1.54) is 25.3 Å². The van der Waals surface area contributed by atoms with Gasteiger partial charge in [-0.1, -0.05) is 12.7 Å². The number of nitrogens with zero attached hydrogens (tertiary/aromatic N) is 1. The van der Waals surface area contributed by atoms with Gasteiger partial charge < -0.3 is 9.47 Å². The summed E-state index contributed by atoms with van der Waals surface area (Å²) >= 11 is 0. The van der Waals surface area contributed by atoms with Gasteiger partial charge in [0.05, 0.1) is 29.3 Å². The van der Waals surface area contributed by atoms with E-state index in [2.05, 4.69) is 11.3 Å². The van der Waals surface area contributed by atoms with Crippen molar-refractivity contribution in [2.45, 2.75) is 18.9 Å². The highest BCUT2D eigenvalue weighted by Gasteiger charge is 2.30. The molecule has 1 aliphatic rings. The highest BCUT2D eigenvalue weighted by molar-refractivity contribution is 5.92. The van der Waals surface area contributed by atoms with Crippen LogP contribution in [0.5, 0.6) is 5.75 Å². The topological polar surface area (TPSA) is 78.7 Å². The highest BCUT2D eigenvalue weighted by Crippen LogP contribution is 2.37. The van der Waals surface area contributed by atoms with Crippen LogP contribution < -0.4 is 4.74 Å². The van der Waals surface area contributed by atoms with Gasteiger partial charge in [0.1, 0.15) is 0 Å². The molecule has 6 nitrogen and oxygen atoms in total. The number of carbonyl (C=O) groups is 1. The minimum atomic E-state index is -0.571. The van der Waals surface area contributed by atoms with Crippen molar-refractivity contribution in [1.82, 2.24) is 0 Å². The fraction of sp³-hybridized carbons (Fsp3) is 0.308. The lowest BCUT2D eigenvalue weighted by Crippen LogP contribution is -2.07. The summed E-state index contributed by atoms with van der Waals surface area (Å²) in [5, 5.41) is 11.1. The molecule has 1 aliphatic carbocycles. The number of ether oxygens (including phenoxy) is 2. The Hall–Kier alpha value is -2.37. The van der Waals surface area contributed by atoms with Crippen LogP contribution in [-0.2, 0) is 4.74 Å². The molecule has 0 radical (unpaired) electrons. The van der Waals surface area contributed by atoms with Crippen molar-refractivity contribution < 1.29 is 19.2 Å². The fourth-order valence-electron chi connectivity index (χ4n) is 1.67. The number of hydrogen-bond donors (Lipinski definition) is 0. The zero-order valence-corrected chi connectivity index (χ0v) is 10.4. The largest absolute Gasteiger partial charge is 0.483 e. The van der Waals surface area contributed by atoms with Crippen molar-refractivity contribution in [2.24, 2.45) is 0 Å². The minimum Gasteiger partial charge on any atom is -0.483 e. The average molecular weight is 263 g/mol. The van der Waals surface area contributed by atoms with Crippen LogP contribution in [0, 0.1) is 10.1 Å². The number of esters is 1. The maximum absolute atomic E-state index is 11.5. The molecule has 0 N–H and O–H groups in total. The third kappa shape index (κ3) is 2.73. The lowest BCUT2D eigenvalue weighted by Gasteiger charge is -2.09. The van der Waals surface area contributed by atoms with Gasteiger partial charge in [0, 0.05) is 6.07 Å². The molecule has 0 unspecified atom stereocenters. The number of hydrogen-bond acceptors (Lipinski definition) is 5. The van der Waals surface area contributed by atoms with E-state index in [0.717, 1.165) is 12.8 Å². The molecule has 0 amide bonds. The Morgan fingerprint density at radius 1 is 1.53 bits per heavy atom. The van der Waals surface area contributed by atoms with E-state index in [1.54, 1.807) is 0 Å². The van der Waals surface area contributed by atoms with Gasteiger partial charge >= 0.3 is 11.7 Å². The Labute approximate surface area is 109 Å². The molecule has 2 rings (SSSR count). The second-order valence-electron chi connectivity index (χ2n) is 4.18. The molecule has 0 aromatic heterocycles. The molecule has 0 bridgehead atoms. The normalized spacial score (nSPS) is 13.7. The van der Waals surface area contributed by atoms with Crippen molar-refractivity contribution in [2.75, 3.05) is 7.11 Å². The average Bonchev–Trinajstić information content (AvgIpc) is 3.20. The summed E-state index contributed by atoms with van der Waals surface area (Å²) in [6.07, 6.45) is 3.04. The molecule has 0 spiro atoms. The summed E-state index contributed by atoms with van der Waals surface area (Å²) < 4.78 is 10.1. The summed E-state index contributed by atoms with van der Waals surface area (Å²) in [6, 6.07) is 2.71. The molecule has 1 saturated carbocycles. The third-order valence-electron chi connectivity index (χ3n) is 2.75. The predicted octanol–water partition coefficient (Wildman–Crippen LogP) is 2.57. The first-order valence-corrected chi connectivity index (χ1v) is 5.76. The lowest BCUT2D eigenvalue weighted by atomic mass is 10.1. The Bertz CT molecular complexity index is 548. The molecule has 19 heavy (non-hydrogen) atoms. The Kier molecular flexibility index (Phi) is 3.50. The maximum Gasteiger partial charge on any atom is 0.338 e. The van der Waals surface area contributed by atoms with Gasteiger partial charge in [-0.15, -0.1) is 0 Å². The number of methoxy groups -OCH3 is 1. The van der Waals surface area contributed by atoms with Gasteiger partial charge in [-0.05, 0) is 18.9 Å². The van der Waals surface area contributed by atoms with E-state index < -0.39 is 10.9 Å². The van der Waals surface area contributed by atoms with Crippen molar-refractivity contribution in [3.8, 4) is 5.75 Å². The summed E-state index contributed by atoms with van der Waals surface area (Å²) in [7, 11) is 1.25. The van der Waals surface area contributed by atoms with Gasteiger partial charge in [-0.3, -0.25) is 10.1 Å². The van der Waals surface area contributed by atoms with Crippen LogP contribution in [-0.4, -0.2) is 24.1 Å². The number of benzene rings is 1. The van der Waals surface area contributed by atoms with Crippen molar-refractivity contribution in [1.29, 1.82) is 0 Å². The molecule has 1 fully saturated rings. The van der Waals surface area contributed by atoms with E-state index in [4.69, 9.17) is 4.74 Å². The lowest BCUT2D eigenvalue weighted by molar-refractivity contribution is -0.386. The highest BCUT2D eigenvalue weighted by atomic mass is 16.6. The quantitative estimate of drug-likeness (QED) is 0.463. The first-order valence-electron chi connectivity index (χ1n) is 5.76. The van der Waals surface area contributed by atoms with Crippen molar-refractivity contribution in [3.63, 3.8) is 0 Å². The van der Waals surface area contributed by atoms with Crippen LogP contribution in [0.15, 0.2) is 18.7 Å². The third-order valence-corrected chi connectivity index (χ3v) is 2.75. The monoisotopic (exact) mass is 263 g/mol. The van der Waals surface area contributed by atoms with Gasteiger partial charge in [0.25, 0.3) is 0 Å². The van der Waals surface area contributed by atoms with E-state index in [1.807, 2.05) is 0 Å². The second-order valence-corrected chi connectivity index (χ2v) is 4.18. The molecule has 100 valence electrons. The maximum atomic E-state index is 11.5. The molecule has 0 saturated heterocycles. The van der Waals surface area contributed by atoms with Gasteiger partial charge in [0.15, 0.2) is 5.75 Å². The smallest absolute Gasteiger partial charge is 0.338 e. The first kappa shape index (κ1) is 13.1. The van der Waals surface area contributed by atoms with Crippen LogP contribution in [0.2, 0.25) is 0 Å². The molecule has 0 heterocycles. The van der Waals surface area contributed by atoms with Crippen molar-refractivity contribution >= 4 is 17.7 Å². The number of rotatable bonds is 5. The molecule has 0 aliphatic heterocycles. The van der Waals surface area contributed by atoms with E-state index in [-0.39, 0.29) is 28.7 Å². The molecule has 6 heteroatoms. The Morgan fingerprint density at radius 3 is 2.68 bits per heavy atom. The molecule has 1 aromatic carbocycles. The zero-order chi connectivity index (χ0) is 14.0. The van der Waals surface area contributed by atoms with Crippen LogP contribution in [0.1, 0.15) is 28.8 Å². The Morgan fingerprint density at radius 2 is 2.21 bits per heavy atom. The fourth-order valence-corrected chi connectivity index (χ4v) is 1.67. The van der Waals surface area contributed by atoms with Gasteiger partial charge in [-0.25, -0.2) is 4.79 Å². The minimum absolute atomic E-state index is 0.00994. The van der Waals surface area contributed by atoms with Gasteiger partial charge in [-0.2, -0.15) is 0 Å². The SMILES string of the molecule is C=Cc1cc(C(=O)OC)cc(OC2CC2)c1[N+](=O)[O-]. The number of nitro groups is 1. The second kappa shape index (κ2) is 5.09. The Balaban J connectivity index is 2.53. The zero-order valence-electron chi connectivity index (χ0n) is 10.4. The standard InChI is InChI=1S/C13H13NO5/c1-3-8-6-9(13(15)18-2)7-11(12(8)14(16)17)19-10-4-5-10/h3,6-7,10H,1,4-5H2,2H3. The summed E-state index contributed by atoms with van der Waals surface area (Å²) in [6.45, 7) is 3.52. The molecular formula is C13H13NO5. The van der Waals surface area contributed by atoms with Crippen molar-refractivity contribution in [3.05, 3.63) is 40.0 Å². The van der Waals surface area contributed by atoms with E-state index in [9.17, 15) is 14.9 Å². The van der Waals surface area contributed by atoms with Crippen LogP contribution in [0.3, 0.4) is 0 Å². The van der Waals surface area contributed by atoms with Crippen LogP contribution in [0.4, 0.5) is 5.69 Å². The number of nitro benzene ring substituents is 1.